The predicted octanol–water partition coefficient (Wildman–Crippen LogP) is 3.59. The van der Waals surface area contributed by atoms with E-state index >= 15 is 0 Å². The molecule has 5 heteroatoms. The second-order valence-corrected chi connectivity index (χ2v) is 6.19. The summed E-state index contributed by atoms with van der Waals surface area (Å²) in [6.45, 7) is 7.87. The van der Waals surface area contributed by atoms with Gasteiger partial charge in [-0.25, -0.2) is 0 Å². The number of nitrogens with two attached hydrogens (primary N) is 1. The van der Waals surface area contributed by atoms with Gasteiger partial charge in [-0.3, -0.25) is 9.59 Å². The topological polar surface area (TPSA) is 84.2 Å². The number of carbonyl (C=O) groups is 2. The highest BCUT2D eigenvalue weighted by Crippen LogP contribution is 2.27. The highest BCUT2D eigenvalue weighted by atomic mass is 16.2. The Balaban J connectivity index is 2.18. The van der Waals surface area contributed by atoms with Gasteiger partial charge in [0.25, 0.3) is 0 Å². The number of anilines is 3. The summed E-state index contributed by atoms with van der Waals surface area (Å²) in [6, 6.07) is 11.1. The summed E-state index contributed by atoms with van der Waals surface area (Å²) in [4.78, 5) is 24.5. The molecule has 0 unspecified atom stereocenters. The molecule has 0 atom stereocenters. The van der Waals surface area contributed by atoms with E-state index in [4.69, 9.17) is 5.73 Å². The van der Waals surface area contributed by atoms with Gasteiger partial charge in [0.1, 0.15) is 0 Å². The normalized spacial score (nSPS) is 10.5. The number of carbonyl (C=O) groups excluding carboxylic acids is 2. The molecule has 0 saturated heterocycles. The number of rotatable bonds is 3. The second kappa shape index (κ2) is 7.17. The third-order valence-corrected chi connectivity index (χ3v) is 3.83. The van der Waals surface area contributed by atoms with Gasteiger partial charge >= 0.3 is 11.8 Å². The van der Waals surface area contributed by atoms with Crippen molar-refractivity contribution in [2.24, 2.45) is 0 Å². The van der Waals surface area contributed by atoms with E-state index in [1.165, 1.54) is 0 Å². The number of hydrogen-bond acceptors (Lipinski definition) is 3. The molecule has 2 rings (SSSR count). The molecule has 0 saturated carbocycles. The first-order chi connectivity index (χ1) is 11.3. The van der Waals surface area contributed by atoms with Crippen LogP contribution in [0.2, 0.25) is 0 Å². The minimum absolute atomic E-state index is 0.232. The first kappa shape index (κ1) is 17.5. The van der Waals surface area contributed by atoms with Gasteiger partial charge in [0.05, 0.1) is 11.4 Å². The summed E-state index contributed by atoms with van der Waals surface area (Å²) >= 11 is 0. The van der Waals surface area contributed by atoms with E-state index in [0.29, 0.717) is 17.1 Å². The van der Waals surface area contributed by atoms with Crippen LogP contribution in [-0.2, 0) is 9.59 Å². The van der Waals surface area contributed by atoms with E-state index in [1.54, 1.807) is 12.1 Å². The largest absolute Gasteiger partial charge is 0.397 e. The number of hydrogen-bond donors (Lipinski definition) is 3. The summed E-state index contributed by atoms with van der Waals surface area (Å²) in [5.41, 5.74) is 10.2. The van der Waals surface area contributed by atoms with Gasteiger partial charge in [0.2, 0.25) is 0 Å². The van der Waals surface area contributed by atoms with Crippen LogP contribution in [0.3, 0.4) is 0 Å². The molecule has 0 radical (unpaired) electrons. The zero-order valence-electron chi connectivity index (χ0n) is 14.4. The molecule has 4 N–H and O–H groups in total. The number of aryl methyl sites for hydroxylation is 2. The Bertz CT molecular complexity index is 782. The van der Waals surface area contributed by atoms with Crippen molar-refractivity contribution in [1.82, 2.24) is 0 Å². The highest BCUT2D eigenvalue weighted by molar-refractivity contribution is 6.44. The average Bonchev–Trinajstić information content (AvgIpc) is 2.52. The van der Waals surface area contributed by atoms with Crippen molar-refractivity contribution in [2.75, 3.05) is 16.4 Å². The summed E-state index contributed by atoms with van der Waals surface area (Å²) in [5.74, 6) is -1.23. The Morgan fingerprint density at radius 3 is 2.33 bits per heavy atom. The summed E-state index contributed by atoms with van der Waals surface area (Å²) in [7, 11) is 0. The lowest BCUT2D eigenvalue weighted by molar-refractivity contribution is -0.133. The molecular formula is C19H23N3O2. The molecule has 0 spiro atoms. The third-order valence-electron chi connectivity index (χ3n) is 3.83. The Hall–Kier alpha value is -2.82. The Labute approximate surface area is 142 Å². The standard InChI is InChI=1S/C19H23N3O2/c1-11(2)14-7-5-6-13(4)17(14)22-19(24)18(23)21-16-10-12(3)8-9-15(16)20/h5-11H,20H2,1-4H3,(H,21,23)(H,22,24). The summed E-state index contributed by atoms with van der Waals surface area (Å²) < 4.78 is 0. The highest BCUT2D eigenvalue weighted by Gasteiger charge is 2.18. The third kappa shape index (κ3) is 3.93. The maximum atomic E-state index is 12.3. The number of nitrogen functional groups attached to an aromatic ring is 1. The fourth-order valence-corrected chi connectivity index (χ4v) is 2.47. The molecule has 0 bridgehead atoms. The first-order valence-electron chi connectivity index (χ1n) is 7.87. The molecule has 0 aliphatic heterocycles. The Kier molecular flexibility index (Phi) is 5.24. The first-order valence-corrected chi connectivity index (χ1v) is 7.87. The molecule has 0 aliphatic carbocycles. The summed E-state index contributed by atoms with van der Waals surface area (Å²) in [6.07, 6.45) is 0. The number of benzene rings is 2. The molecule has 24 heavy (non-hydrogen) atoms. The summed E-state index contributed by atoms with van der Waals surface area (Å²) in [5, 5.41) is 5.29. The molecular weight excluding hydrogens is 302 g/mol. The fourth-order valence-electron chi connectivity index (χ4n) is 2.47. The van der Waals surface area contributed by atoms with Crippen LogP contribution in [0, 0.1) is 13.8 Å². The molecule has 0 heterocycles. The SMILES string of the molecule is Cc1ccc(N)c(NC(=O)C(=O)Nc2c(C)cccc2C(C)C)c1. The molecule has 2 amide bonds. The maximum Gasteiger partial charge on any atom is 0.314 e. The minimum Gasteiger partial charge on any atom is -0.397 e. The van der Waals surface area contributed by atoms with Gasteiger partial charge in [-0.05, 0) is 48.6 Å². The minimum atomic E-state index is -0.745. The van der Waals surface area contributed by atoms with Crippen molar-refractivity contribution in [3.8, 4) is 0 Å². The lowest BCUT2D eigenvalue weighted by Crippen LogP contribution is -2.30. The van der Waals surface area contributed by atoms with Gasteiger partial charge < -0.3 is 16.4 Å². The van der Waals surface area contributed by atoms with Gasteiger partial charge in [0, 0.05) is 5.69 Å². The van der Waals surface area contributed by atoms with Crippen molar-refractivity contribution < 1.29 is 9.59 Å². The lowest BCUT2D eigenvalue weighted by atomic mass is 9.98. The van der Waals surface area contributed by atoms with Crippen LogP contribution >= 0.6 is 0 Å². The number of amides is 2. The van der Waals surface area contributed by atoms with Gasteiger partial charge in [-0.15, -0.1) is 0 Å². The van der Waals surface area contributed by atoms with Crippen LogP contribution in [0.5, 0.6) is 0 Å². The Morgan fingerprint density at radius 1 is 1.00 bits per heavy atom. The molecule has 0 aromatic heterocycles. The zero-order valence-corrected chi connectivity index (χ0v) is 14.4. The van der Waals surface area contributed by atoms with Crippen LogP contribution in [-0.4, -0.2) is 11.8 Å². The Morgan fingerprint density at radius 2 is 1.67 bits per heavy atom. The van der Waals surface area contributed by atoms with E-state index in [0.717, 1.165) is 16.7 Å². The molecule has 0 aliphatic rings. The lowest BCUT2D eigenvalue weighted by Gasteiger charge is -2.16. The van der Waals surface area contributed by atoms with Crippen molar-refractivity contribution in [3.63, 3.8) is 0 Å². The van der Waals surface area contributed by atoms with Crippen LogP contribution in [0.25, 0.3) is 0 Å². The maximum absolute atomic E-state index is 12.3. The van der Waals surface area contributed by atoms with Crippen LogP contribution < -0.4 is 16.4 Å². The van der Waals surface area contributed by atoms with E-state index < -0.39 is 11.8 Å². The van der Waals surface area contributed by atoms with Gasteiger partial charge in [-0.1, -0.05) is 38.1 Å². The van der Waals surface area contributed by atoms with E-state index in [2.05, 4.69) is 10.6 Å². The quantitative estimate of drug-likeness (QED) is 0.595. The average molecular weight is 325 g/mol. The molecule has 2 aromatic carbocycles. The van der Waals surface area contributed by atoms with E-state index in [-0.39, 0.29) is 5.92 Å². The van der Waals surface area contributed by atoms with Crippen molar-refractivity contribution in [3.05, 3.63) is 53.1 Å². The predicted molar refractivity (Wildman–Crippen MR) is 98.1 cm³/mol. The number of para-hydroxylation sites is 1. The smallest absolute Gasteiger partial charge is 0.314 e. The van der Waals surface area contributed by atoms with Crippen LogP contribution in [0.15, 0.2) is 36.4 Å². The second-order valence-electron chi connectivity index (χ2n) is 6.19. The van der Waals surface area contributed by atoms with Crippen molar-refractivity contribution >= 4 is 28.9 Å². The van der Waals surface area contributed by atoms with Gasteiger partial charge in [-0.2, -0.15) is 0 Å². The fraction of sp³-hybridized carbons (Fsp3) is 0.263. The van der Waals surface area contributed by atoms with Gasteiger partial charge in [0.15, 0.2) is 0 Å². The molecule has 0 fully saturated rings. The van der Waals surface area contributed by atoms with E-state index in [9.17, 15) is 9.59 Å². The van der Waals surface area contributed by atoms with Crippen LogP contribution in [0.4, 0.5) is 17.1 Å². The molecule has 5 nitrogen and oxygen atoms in total. The van der Waals surface area contributed by atoms with Crippen molar-refractivity contribution in [1.29, 1.82) is 0 Å². The van der Waals surface area contributed by atoms with E-state index in [1.807, 2.05) is 52.0 Å². The monoisotopic (exact) mass is 325 g/mol. The van der Waals surface area contributed by atoms with Crippen molar-refractivity contribution in [2.45, 2.75) is 33.6 Å². The molecule has 126 valence electrons. The van der Waals surface area contributed by atoms with Crippen LogP contribution in [0.1, 0.15) is 36.5 Å². The zero-order chi connectivity index (χ0) is 17.9. The molecule has 2 aromatic rings. The number of nitrogens with one attached hydrogen (secondary N) is 2.